The lowest BCUT2D eigenvalue weighted by Gasteiger charge is -2.07. The SMILES string of the molecule is O=C(COC(=O)c1cc(=O)[nH]c2ccccc12)NC(=O)c1cccs1. The number of hydrogen-bond donors (Lipinski definition) is 2. The molecule has 0 spiro atoms. The third kappa shape index (κ3) is 3.81. The first-order valence-corrected chi connectivity index (χ1v) is 8.09. The van der Waals surface area contributed by atoms with Crippen molar-refractivity contribution in [2.75, 3.05) is 6.61 Å². The highest BCUT2D eigenvalue weighted by molar-refractivity contribution is 7.12. The third-order valence-electron chi connectivity index (χ3n) is 3.30. The van der Waals surface area contributed by atoms with Crippen LogP contribution in [0.2, 0.25) is 0 Å². The van der Waals surface area contributed by atoms with Crippen LogP contribution in [0.3, 0.4) is 0 Å². The molecule has 0 unspecified atom stereocenters. The van der Waals surface area contributed by atoms with E-state index < -0.39 is 29.9 Å². The Balaban J connectivity index is 1.68. The van der Waals surface area contributed by atoms with Gasteiger partial charge in [0.05, 0.1) is 10.4 Å². The van der Waals surface area contributed by atoms with Crippen LogP contribution < -0.4 is 10.9 Å². The molecule has 2 N–H and O–H groups in total. The fraction of sp³-hybridized carbons (Fsp3) is 0.0588. The number of imide groups is 1. The quantitative estimate of drug-likeness (QED) is 0.692. The average Bonchev–Trinajstić information content (AvgIpc) is 3.13. The fourth-order valence-corrected chi connectivity index (χ4v) is 2.83. The zero-order valence-electron chi connectivity index (χ0n) is 12.8. The number of fused-ring (bicyclic) bond motifs is 1. The van der Waals surface area contributed by atoms with Crippen molar-refractivity contribution < 1.29 is 19.1 Å². The summed E-state index contributed by atoms with van der Waals surface area (Å²) in [7, 11) is 0. The first kappa shape index (κ1) is 16.6. The smallest absolute Gasteiger partial charge is 0.339 e. The lowest BCUT2D eigenvalue weighted by atomic mass is 10.1. The topological polar surface area (TPSA) is 105 Å². The number of pyridine rings is 1. The molecule has 126 valence electrons. The van der Waals surface area contributed by atoms with Crippen LogP contribution in [0.25, 0.3) is 10.9 Å². The number of rotatable bonds is 4. The van der Waals surface area contributed by atoms with E-state index in [0.717, 1.165) is 6.07 Å². The number of aromatic amines is 1. The molecular formula is C17H12N2O5S. The summed E-state index contributed by atoms with van der Waals surface area (Å²) < 4.78 is 4.92. The van der Waals surface area contributed by atoms with Gasteiger partial charge in [-0.2, -0.15) is 0 Å². The maximum absolute atomic E-state index is 12.2. The van der Waals surface area contributed by atoms with Crippen molar-refractivity contribution in [2.45, 2.75) is 0 Å². The molecule has 2 amide bonds. The zero-order valence-corrected chi connectivity index (χ0v) is 13.6. The summed E-state index contributed by atoms with van der Waals surface area (Å²) in [6, 6.07) is 11.1. The van der Waals surface area contributed by atoms with Gasteiger partial charge in [-0.1, -0.05) is 24.3 Å². The summed E-state index contributed by atoms with van der Waals surface area (Å²) in [5, 5.41) is 4.33. The zero-order chi connectivity index (χ0) is 17.8. The number of para-hydroxylation sites is 1. The molecule has 7 nitrogen and oxygen atoms in total. The summed E-state index contributed by atoms with van der Waals surface area (Å²) in [6.45, 7) is -0.628. The van der Waals surface area contributed by atoms with E-state index in [1.807, 2.05) is 0 Å². The monoisotopic (exact) mass is 356 g/mol. The molecule has 3 aromatic rings. The fourth-order valence-electron chi connectivity index (χ4n) is 2.21. The van der Waals surface area contributed by atoms with Crippen LogP contribution in [0.15, 0.2) is 52.6 Å². The summed E-state index contributed by atoms with van der Waals surface area (Å²) in [6.07, 6.45) is 0. The Morgan fingerprint density at radius 3 is 2.68 bits per heavy atom. The predicted molar refractivity (Wildman–Crippen MR) is 91.6 cm³/mol. The van der Waals surface area contributed by atoms with Gasteiger partial charge in [-0.25, -0.2) is 4.79 Å². The molecule has 0 atom stereocenters. The molecule has 0 aliphatic heterocycles. The van der Waals surface area contributed by atoms with Gasteiger partial charge in [-0.15, -0.1) is 11.3 Å². The molecular weight excluding hydrogens is 344 g/mol. The second-order valence-corrected chi connectivity index (χ2v) is 5.97. The summed E-state index contributed by atoms with van der Waals surface area (Å²) in [5.41, 5.74) is 0.0824. The molecule has 3 rings (SSSR count). The van der Waals surface area contributed by atoms with E-state index >= 15 is 0 Å². The van der Waals surface area contributed by atoms with E-state index in [9.17, 15) is 19.2 Å². The van der Waals surface area contributed by atoms with Crippen LogP contribution in [0.4, 0.5) is 0 Å². The maximum atomic E-state index is 12.2. The molecule has 2 heterocycles. The van der Waals surface area contributed by atoms with Gasteiger partial charge in [0, 0.05) is 17.0 Å². The van der Waals surface area contributed by atoms with Crippen molar-refractivity contribution in [3.63, 3.8) is 0 Å². The molecule has 25 heavy (non-hydrogen) atoms. The summed E-state index contributed by atoms with van der Waals surface area (Å²) >= 11 is 1.19. The number of aromatic nitrogens is 1. The van der Waals surface area contributed by atoms with Crippen molar-refractivity contribution in [1.82, 2.24) is 10.3 Å². The van der Waals surface area contributed by atoms with Gasteiger partial charge in [0.2, 0.25) is 5.56 Å². The van der Waals surface area contributed by atoms with Gasteiger partial charge in [0.15, 0.2) is 6.61 Å². The van der Waals surface area contributed by atoms with Crippen molar-refractivity contribution >= 4 is 40.0 Å². The highest BCUT2D eigenvalue weighted by Crippen LogP contribution is 2.15. The van der Waals surface area contributed by atoms with Crippen LogP contribution in [0.1, 0.15) is 20.0 Å². The van der Waals surface area contributed by atoms with Crippen LogP contribution >= 0.6 is 11.3 Å². The minimum absolute atomic E-state index is 0.0525. The molecule has 0 radical (unpaired) electrons. The lowest BCUT2D eigenvalue weighted by Crippen LogP contribution is -2.33. The lowest BCUT2D eigenvalue weighted by molar-refractivity contribution is -0.123. The van der Waals surface area contributed by atoms with Gasteiger partial charge in [0.25, 0.3) is 11.8 Å². The normalized spacial score (nSPS) is 10.4. The number of hydrogen-bond acceptors (Lipinski definition) is 6. The van der Waals surface area contributed by atoms with Gasteiger partial charge < -0.3 is 9.72 Å². The molecule has 0 saturated heterocycles. The molecule has 0 bridgehead atoms. The number of nitrogens with one attached hydrogen (secondary N) is 2. The van der Waals surface area contributed by atoms with Crippen LogP contribution in [-0.4, -0.2) is 29.4 Å². The van der Waals surface area contributed by atoms with Crippen LogP contribution in [0.5, 0.6) is 0 Å². The number of amides is 2. The molecule has 1 aromatic carbocycles. The minimum atomic E-state index is -0.818. The Bertz CT molecular complexity index is 1010. The second kappa shape index (κ2) is 7.10. The Morgan fingerprint density at radius 1 is 1.12 bits per heavy atom. The molecule has 0 aliphatic rings. The van der Waals surface area contributed by atoms with Crippen molar-refractivity contribution in [1.29, 1.82) is 0 Å². The van der Waals surface area contributed by atoms with E-state index in [4.69, 9.17) is 4.74 Å². The van der Waals surface area contributed by atoms with E-state index in [1.54, 1.807) is 41.8 Å². The number of carbonyl (C=O) groups excluding carboxylic acids is 3. The van der Waals surface area contributed by atoms with Crippen LogP contribution in [0, 0.1) is 0 Å². The first-order chi connectivity index (χ1) is 12.0. The van der Waals surface area contributed by atoms with Gasteiger partial charge in [0.1, 0.15) is 0 Å². The minimum Gasteiger partial charge on any atom is -0.452 e. The van der Waals surface area contributed by atoms with Crippen LogP contribution in [-0.2, 0) is 9.53 Å². The number of benzene rings is 1. The Morgan fingerprint density at radius 2 is 1.92 bits per heavy atom. The number of H-pyrrole nitrogens is 1. The molecule has 0 fully saturated rings. The first-order valence-electron chi connectivity index (χ1n) is 7.21. The highest BCUT2D eigenvalue weighted by Gasteiger charge is 2.16. The van der Waals surface area contributed by atoms with Gasteiger partial charge in [-0.3, -0.25) is 19.7 Å². The second-order valence-electron chi connectivity index (χ2n) is 5.02. The number of carbonyl (C=O) groups is 3. The Hall–Kier alpha value is -3.26. The van der Waals surface area contributed by atoms with E-state index in [1.165, 1.54) is 11.3 Å². The largest absolute Gasteiger partial charge is 0.452 e. The molecule has 0 aliphatic carbocycles. The predicted octanol–water partition coefficient (Wildman–Crippen LogP) is 1.70. The number of esters is 1. The van der Waals surface area contributed by atoms with Crippen molar-refractivity contribution in [3.8, 4) is 0 Å². The summed E-state index contributed by atoms with van der Waals surface area (Å²) in [4.78, 5) is 50.3. The standard InChI is InChI=1S/C17H12N2O5S/c20-14-8-11(10-4-1-2-5-12(10)18-14)17(23)24-9-15(21)19-16(22)13-6-3-7-25-13/h1-8H,9H2,(H,18,20)(H,19,21,22). The third-order valence-corrected chi connectivity index (χ3v) is 4.17. The highest BCUT2D eigenvalue weighted by atomic mass is 32.1. The van der Waals surface area contributed by atoms with Gasteiger partial charge >= 0.3 is 5.97 Å². The number of thiophene rings is 1. The average molecular weight is 356 g/mol. The number of ether oxygens (including phenoxy) is 1. The van der Waals surface area contributed by atoms with Crippen molar-refractivity contribution in [3.05, 3.63) is 68.6 Å². The van der Waals surface area contributed by atoms with E-state index in [-0.39, 0.29) is 5.56 Å². The molecule has 0 saturated carbocycles. The van der Waals surface area contributed by atoms with E-state index in [0.29, 0.717) is 15.8 Å². The molecule has 2 aromatic heterocycles. The Labute approximate surface area is 145 Å². The van der Waals surface area contributed by atoms with E-state index in [2.05, 4.69) is 10.3 Å². The molecule has 8 heteroatoms. The Kier molecular flexibility index (Phi) is 4.71. The van der Waals surface area contributed by atoms with Gasteiger partial charge in [-0.05, 0) is 17.5 Å². The maximum Gasteiger partial charge on any atom is 0.339 e. The van der Waals surface area contributed by atoms with Crippen molar-refractivity contribution in [2.24, 2.45) is 0 Å². The summed E-state index contributed by atoms with van der Waals surface area (Å²) in [5.74, 6) is -2.13.